The molecule has 3 fully saturated rings. The van der Waals surface area contributed by atoms with Crippen molar-refractivity contribution in [3.63, 3.8) is 0 Å². The Bertz CT molecular complexity index is 1000. The zero-order valence-corrected chi connectivity index (χ0v) is 20.1. The fraction of sp³-hybridized carbons (Fsp3) is 0.560. The fourth-order valence-corrected chi connectivity index (χ4v) is 5.28. The zero-order valence-electron chi connectivity index (χ0n) is 19.3. The number of benzene rings is 1. The number of rotatable bonds is 8. The van der Waals surface area contributed by atoms with E-state index in [0.29, 0.717) is 28.9 Å². The molecule has 3 aliphatic heterocycles. The average molecular weight is 488 g/mol. The number of hydrogen-bond acceptors (Lipinski definition) is 6. The van der Waals surface area contributed by atoms with E-state index in [2.05, 4.69) is 20.2 Å². The summed E-state index contributed by atoms with van der Waals surface area (Å²) in [6.07, 6.45) is 8.61. The third-order valence-electron chi connectivity index (χ3n) is 7.48. The van der Waals surface area contributed by atoms with E-state index >= 15 is 0 Å². The van der Waals surface area contributed by atoms with Crippen LogP contribution >= 0.6 is 11.6 Å². The van der Waals surface area contributed by atoms with E-state index in [4.69, 9.17) is 16.3 Å². The smallest absolute Gasteiger partial charge is 0.227 e. The van der Waals surface area contributed by atoms with Crippen molar-refractivity contribution >= 4 is 23.5 Å². The summed E-state index contributed by atoms with van der Waals surface area (Å²) in [7, 11) is 0. The van der Waals surface area contributed by atoms with Gasteiger partial charge in [-0.25, -0.2) is 14.4 Å². The lowest BCUT2D eigenvalue weighted by Crippen LogP contribution is -2.77. The van der Waals surface area contributed by atoms with Crippen molar-refractivity contribution in [1.29, 1.82) is 0 Å². The second kappa shape index (κ2) is 10.0. The van der Waals surface area contributed by atoms with Crippen molar-refractivity contribution in [3.05, 3.63) is 47.0 Å². The Morgan fingerprint density at radius 1 is 1.21 bits per heavy atom. The van der Waals surface area contributed by atoms with E-state index in [0.717, 1.165) is 70.8 Å². The van der Waals surface area contributed by atoms with Crippen LogP contribution in [0.25, 0.3) is 0 Å². The van der Waals surface area contributed by atoms with E-state index in [9.17, 15) is 9.18 Å². The van der Waals surface area contributed by atoms with Gasteiger partial charge in [0.05, 0.1) is 36.0 Å². The molecule has 34 heavy (non-hydrogen) atoms. The Morgan fingerprint density at radius 3 is 2.59 bits per heavy atom. The maximum Gasteiger partial charge on any atom is 0.227 e. The number of carbonyl (C=O) groups is 1. The van der Waals surface area contributed by atoms with Crippen LogP contribution in [0.15, 0.2) is 30.6 Å². The summed E-state index contributed by atoms with van der Waals surface area (Å²) in [4.78, 5) is 25.3. The molecule has 0 unspecified atom stereocenters. The standard InChI is InChI=1S/C25H31ClFN5O2/c26-20-14-29-24(30-15-20)31-8-5-18(6-9-31)2-1-11-34-21-4-3-19(22(27)13-21)12-23(33)32-10-7-25(32)16-28-17-25/h3-4,13-15,18,28H,1-2,5-12,16-17H2. The van der Waals surface area contributed by atoms with Crippen LogP contribution in [-0.4, -0.2) is 65.6 Å². The topological polar surface area (TPSA) is 70.6 Å². The Morgan fingerprint density at radius 2 is 1.97 bits per heavy atom. The van der Waals surface area contributed by atoms with Crippen molar-refractivity contribution in [1.82, 2.24) is 20.2 Å². The molecule has 0 radical (unpaired) electrons. The van der Waals surface area contributed by atoms with Crippen LogP contribution in [-0.2, 0) is 11.2 Å². The van der Waals surface area contributed by atoms with E-state index < -0.39 is 0 Å². The first-order valence-electron chi connectivity index (χ1n) is 12.2. The fourth-order valence-electron chi connectivity index (χ4n) is 5.18. The number of halogens is 2. The number of hydrogen-bond donors (Lipinski definition) is 1. The maximum atomic E-state index is 14.6. The quantitative estimate of drug-likeness (QED) is 0.575. The molecule has 3 saturated heterocycles. The molecule has 2 aromatic rings. The zero-order chi connectivity index (χ0) is 23.5. The highest BCUT2D eigenvalue weighted by molar-refractivity contribution is 6.30. The molecule has 3 aliphatic rings. The molecule has 0 saturated carbocycles. The number of carbonyl (C=O) groups excluding carboxylic acids is 1. The molecule has 0 atom stereocenters. The second-order valence-corrected chi connectivity index (χ2v) is 10.1. The first-order chi connectivity index (χ1) is 16.5. The minimum atomic E-state index is -0.371. The lowest BCUT2D eigenvalue weighted by Gasteiger charge is -2.58. The Kier molecular flexibility index (Phi) is 6.88. The minimum absolute atomic E-state index is 0.00312. The number of ether oxygens (including phenoxy) is 1. The SMILES string of the molecule is O=C(Cc1ccc(OCCCC2CCN(c3ncc(Cl)cn3)CC2)cc1F)N1CCC12CNC2. The summed E-state index contributed by atoms with van der Waals surface area (Å²) >= 11 is 5.87. The van der Waals surface area contributed by atoms with Gasteiger partial charge in [-0.1, -0.05) is 17.7 Å². The monoisotopic (exact) mass is 487 g/mol. The molecule has 0 aliphatic carbocycles. The highest BCUT2D eigenvalue weighted by atomic mass is 35.5. The Balaban J connectivity index is 1.02. The lowest BCUT2D eigenvalue weighted by atomic mass is 9.79. The normalized spacial score (nSPS) is 19.6. The molecule has 0 bridgehead atoms. The molecular formula is C25H31ClFN5O2. The van der Waals surface area contributed by atoms with Crippen LogP contribution in [0.4, 0.5) is 10.3 Å². The minimum Gasteiger partial charge on any atom is -0.493 e. The van der Waals surface area contributed by atoms with Crippen molar-refractivity contribution in [2.45, 2.75) is 44.1 Å². The van der Waals surface area contributed by atoms with E-state index in [1.165, 1.54) is 6.07 Å². The van der Waals surface area contributed by atoms with Crippen LogP contribution in [0.2, 0.25) is 5.02 Å². The predicted octanol–water partition coefficient (Wildman–Crippen LogP) is 3.46. The molecule has 182 valence electrons. The number of aromatic nitrogens is 2. The average Bonchev–Trinajstić information content (AvgIpc) is 2.78. The van der Waals surface area contributed by atoms with Gasteiger partial charge in [0.1, 0.15) is 11.6 Å². The van der Waals surface area contributed by atoms with Crippen LogP contribution in [0.3, 0.4) is 0 Å². The number of nitrogens with zero attached hydrogens (tertiary/aromatic N) is 4. The summed E-state index contributed by atoms with van der Waals surface area (Å²) in [6, 6.07) is 4.86. The molecule has 7 nitrogen and oxygen atoms in total. The number of piperidine rings is 1. The van der Waals surface area contributed by atoms with Gasteiger partial charge in [-0.05, 0) is 49.7 Å². The van der Waals surface area contributed by atoms with Gasteiger partial charge in [0, 0.05) is 38.8 Å². The van der Waals surface area contributed by atoms with Gasteiger partial charge in [0.2, 0.25) is 11.9 Å². The third kappa shape index (κ3) is 4.98. The largest absolute Gasteiger partial charge is 0.493 e. The second-order valence-electron chi connectivity index (χ2n) is 9.68. The van der Waals surface area contributed by atoms with Crippen molar-refractivity contribution < 1.29 is 13.9 Å². The van der Waals surface area contributed by atoms with Crippen LogP contribution in [0, 0.1) is 11.7 Å². The first-order valence-corrected chi connectivity index (χ1v) is 12.6. The number of anilines is 1. The van der Waals surface area contributed by atoms with Gasteiger partial charge in [-0.3, -0.25) is 4.79 Å². The van der Waals surface area contributed by atoms with Crippen molar-refractivity contribution in [2.24, 2.45) is 5.92 Å². The first kappa shape index (κ1) is 23.3. The highest BCUT2D eigenvalue weighted by Gasteiger charge is 2.51. The number of nitrogens with one attached hydrogen (secondary N) is 1. The summed E-state index contributed by atoms with van der Waals surface area (Å²) in [5, 5.41) is 3.78. The van der Waals surface area contributed by atoms with E-state index in [-0.39, 0.29) is 23.7 Å². The van der Waals surface area contributed by atoms with Gasteiger partial charge < -0.3 is 19.9 Å². The van der Waals surface area contributed by atoms with Gasteiger partial charge in [0.15, 0.2) is 0 Å². The number of amides is 1. The maximum absolute atomic E-state index is 14.6. The number of likely N-dealkylation sites (tertiary alicyclic amines) is 1. The summed E-state index contributed by atoms with van der Waals surface area (Å²) in [5.74, 6) is 1.54. The van der Waals surface area contributed by atoms with E-state index in [1.54, 1.807) is 24.5 Å². The molecule has 1 spiro atoms. The Labute approximate surface area is 204 Å². The van der Waals surface area contributed by atoms with Gasteiger partial charge in [-0.15, -0.1) is 0 Å². The molecule has 5 rings (SSSR count). The molecule has 1 N–H and O–H groups in total. The van der Waals surface area contributed by atoms with Crippen molar-refractivity contribution in [3.8, 4) is 5.75 Å². The molecule has 4 heterocycles. The molecule has 1 amide bonds. The summed E-state index contributed by atoms with van der Waals surface area (Å²) in [5.41, 5.74) is 0.430. The molecule has 1 aromatic carbocycles. The van der Waals surface area contributed by atoms with Gasteiger partial charge in [-0.2, -0.15) is 0 Å². The molecule has 1 aromatic heterocycles. The summed E-state index contributed by atoms with van der Waals surface area (Å²) in [6.45, 7) is 4.91. The van der Waals surface area contributed by atoms with E-state index in [1.807, 2.05) is 4.90 Å². The van der Waals surface area contributed by atoms with Gasteiger partial charge >= 0.3 is 0 Å². The van der Waals surface area contributed by atoms with Crippen LogP contribution < -0.4 is 15.0 Å². The third-order valence-corrected chi connectivity index (χ3v) is 7.67. The lowest BCUT2D eigenvalue weighted by molar-refractivity contribution is -0.151. The summed E-state index contributed by atoms with van der Waals surface area (Å²) < 4.78 is 20.4. The van der Waals surface area contributed by atoms with Crippen molar-refractivity contribution in [2.75, 3.05) is 44.2 Å². The highest BCUT2D eigenvalue weighted by Crippen LogP contribution is 2.35. The predicted molar refractivity (Wildman–Crippen MR) is 129 cm³/mol. The molecular weight excluding hydrogens is 457 g/mol. The molecule has 9 heteroatoms. The van der Waals surface area contributed by atoms with Crippen LogP contribution in [0.5, 0.6) is 5.75 Å². The Hall–Kier alpha value is -2.45. The van der Waals surface area contributed by atoms with Gasteiger partial charge in [0.25, 0.3) is 0 Å². The van der Waals surface area contributed by atoms with Crippen LogP contribution in [0.1, 0.15) is 37.7 Å².